The highest BCUT2D eigenvalue weighted by molar-refractivity contribution is 6.27. The Bertz CT molecular complexity index is 2570. The third-order valence-electron chi connectivity index (χ3n) is 9.32. The smallest absolute Gasteiger partial charge is 0.165 e. The molecule has 8 nitrogen and oxygen atoms in total. The van der Waals surface area contributed by atoms with Gasteiger partial charge in [-0.15, -0.1) is 0 Å². The minimum absolute atomic E-state index is 0.545. The molecule has 0 atom stereocenters. The van der Waals surface area contributed by atoms with E-state index in [2.05, 4.69) is 58.5 Å². The van der Waals surface area contributed by atoms with Gasteiger partial charge in [-0.05, 0) is 68.7 Å². The highest BCUT2D eigenvalue weighted by Gasteiger charge is 2.20. The predicted octanol–water partition coefficient (Wildman–Crippen LogP) is 9.75. The minimum atomic E-state index is 0.545. The van der Waals surface area contributed by atoms with Crippen LogP contribution < -0.4 is 0 Å². The monoisotopic (exact) mass is 666 g/mol. The van der Waals surface area contributed by atoms with Crippen LogP contribution in [0.2, 0.25) is 0 Å². The standard InChI is InChI=1S/C44H26N8/c1-3-9-29(10-4-1)39-47-40(30-11-5-2-6-12-30)50-43(49-39)35-21-17-27-16-20-34-36(22-18-28-15-19-33(35)37(27)38(28)34)44-51-41(31-13-7-23-45-25-31)48-42(52-44)32-14-8-24-46-26-32/h1-26H. The van der Waals surface area contributed by atoms with Crippen molar-refractivity contribution in [3.8, 4) is 68.3 Å². The van der Waals surface area contributed by atoms with Gasteiger partial charge >= 0.3 is 0 Å². The second-order valence-electron chi connectivity index (χ2n) is 12.5. The summed E-state index contributed by atoms with van der Waals surface area (Å²) in [5, 5.41) is 6.59. The minimum Gasteiger partial charge on any atom is -0.264 e. The van der Waals surface area contributed by atoms with E-state index in [1.54, 1.807) is 24.8 Å². The first-order valence-corrected chi connectivity index (χ1v) is 16.9. The molecule has 0 fully saturated rings. The molecule has 0 radical (unpaired) electrons. The van der Waals surface area contributed by atoms with E-state index in [0.29, 0.717) is 34.9 Å². The SMILES string of the molecule is c1ccc(-c2nc(-c3ccccc3)nc(-c3ccc4ccc5c(-c6nc(-c7cccnc7)nc(-c7cccnc7)n6)ccc6ccc3c4c65)n2)cc1. The van der Waals surface area contributed by atoms with Crippen molar-refractivity contribution in [3.63, 3.8) is 0 Å². The van der Waals surface area contributed by atoms with Gasteiger partial charge in [-0.3, -0.25) is 9.97 Å². The molecule has 10 rings (SSSR count). The van der Waals surface area contributed by atoms with Crippen LogP contribution >= 0.6 is 0 Å². The number of nitrogens with zero attached hydrogens (tertiary/aromatic N) is 8. The van der Waals surface area contributed by atoms with E-state index in [4.69, 9.17) is 29.9 Å². The molecule has 8 heteroatoms. The molecule has 52 heavy (non-hydrogen) atoms. The fraction of sp³-hybridized carbons (Fsp3) is 0. The summed E-state index contributed by atoms with van der Waals surface area (Å²) in [4.78, 5) is 38.6. The topological polar surface area (TPSA) is 103 Å². The molecule has 242 valence electrons. The molecular formula is C44H26N8. The van der Waals surface area contributed by atoms with Crippen LogP contribution in [0.4, 0.5) is 0 Å². The zero-order chi connectivity index (χ0) is 34.4. The summed E-state index contributed by atoms with van der Waals surface area (Å²) < 4.78 is 0. The molecule has 0 unspecified atom stereocenters. The second-order valence-corrected chi connectivity index (χ2v) is 12.5. The number of hydrogen-bond acceptors (Lipinski definition) is 8. The van der Waals surface area contributed by atoms with Crippen LogP contribution in [0, 0.1) is 0 Å². The first kappa shape index (κ1) is 29.6. The predicted molar refractivity (Wildman–Crippen MR) is 205 cm³/mol. The van der Waals surface area contributed by atoms with Crippen LogP contribution in [0.25, 0.3) is 101 Å². The Labute approximate surface area is 298 Å². The normalized spacial score (nSPS) is 11.5. The van der Waals surface area contributed by atoms with Crippen molar-refractivity contribution in [1.29, 1.82) is 0 Å². The van der Waals surface area contributed by atoms with Gasteiger partial charge < -0.3 is 0 Å². The average Bonchev–Trinajstić information content (AvgIpc) is 3.23. The maximum Gasteiger partial charge on any atom is 0.165 e. The van der Waals surface area contributed by atoms with Gasteiger partial charge in [-0.2, -0.15) is 0 Å². The van der Waals surface area contributed by atoms with Crippen molar-refractivity contribution in [2.45, 2.75) is 0 Å². The molecule has 0 amide bonds. The molecule has 0 bridgehead atoms. The molecule has 6 aromatic carbocycles. The molecule has 0 aliphatic carbocycles. The Morgan fingerprint density at radius 3 is 1.06 bits per heavy atom. The second kappa shape index (κ2) is 12.2. The van der Waals surface area contributed by atoms with E-state index >= 15 is 0 Å². The van der Waals surface area contributed by atoms with Gasteiger partial charge in [0, 0.05) is 58.2 Å². The number of aromatic nitrogens is 8. The summed E-state index contributed by atoms with van der Waals surface area (Å²) in [6.07, 6.45) is 7.02. The zero-order valence-electron chi connectivity index (χ0n) is 27.6. The molecule has 4 heterocycles. The molecule has 4 aromatic heterocycles. The number of benzene rings is 6. The first-order valence-electron chi connectivity index (χ1n) is 16.9. The number of rotatable bonds is 6. The van der Waals surface area contributed by atoms with Crippen LogP contribution in [0.1, 0.15) is 0 Å². The van der Waals surface area contributed by atoms with Gasteiger partial charge in [0.05, 0.1) is 0 Å². The highest BCUT2D eigenvalue weighted by atomic mass is 15.0. The Morgan fingerprint density at radius 2 is 0.654 bits per heavy atom. The van der Waals surface area contributed by atoms with Gasteiger partial charge in [0.2, 0.25) is 0 Å². The molecule has 10 aromatic rings. The molecular weight excluding hydrogens is 641 g/mol. The van der Waals surface area contributed by atoms with Gasteiger partial charge in [0.25, 0.3) is 0 Å². The van der Waals surface area contributed by atoms with Crippen LogP contribution in [0.15, 0.2) is 158 Å². The van der Waals surface area contributed by atoms with E-state index in [1.807, 2.05) is 84.9 Å². The molecule has 0 spiro atoms. The van der Waals surface area contributed by atoms with Gasteiger partial charge in [-0.25, -0.2) is 29.9 Å². The van der Waals surface area contributed by atoms with E-state index in [-0.39, 0.29) is 0 Å². The first-order chi connectivity index (χ1) is 25.8. The van der Waals surface area contributed by atoms with Crippen molar-refractivity contribution in [2.24, 2.45) is 0 Å². The van der Waals surface area contributed by atoms with Crippen molar-refractivity contribution >= 4 is 32.3 Å². The van der Waals surface area contributed by atoms with Crippen molar-refractivity contribution < 1.29 is 0 Å². The Morgan fingerprint density at radius 1 is 0.288 bits per heavy atom. The maximum atomic E-state index is 5.06. The quantitative estimate of drug-likeness (QED) is 0.162. The summed E-state index contributed by atoms with van der Waals surface area (Å²) in [5.41, 5.74) is 5.31. The van der Waals surface area contributed by atoms with Crippen molar-refractivity contribution in [2.75, 3.05) is 0 Å². The maximum absolute atomic E-state index is 5.06. The third kappa shape index (κ3) is 5.09. The summed E-state index contributed by atoms with van der Waals surface area (Å²) in [7, 11) is 0. The summed E-state index contributed by atoms with van der Waals surface area (Å²) in [6, 6.07) is 45.0. The molecule has 0 N–H and O–H groups in total. The lowest BCUT2D eigenvalue weighted by Gasteiger charge is -2.16. The van der Waals surface area contributed by atoms with E-state index in [9.17, 15) is 0 Å². The number of pyridine rings is 2. The van der Waals surface area contributed by atoms with Gasteiger partial charge in [-0.1, -0.05) is 97.1 Å². The van der Waals surface area contributed by atoms with E-state index < -0.39 is 0 Å². The van der Waals surface area contributed by atoms with E-state index in [0.717, 1.165) is 65.7 Å². The Balaban J connectivity index is 1.20. The average molecular weight is 667 g/mol. The molecule has 0 aliphatic rings. The van der Waals surface area contributed by atoms with Crippen LogP contribution in [-0.2, 0) is 0 Å². The largest absolute Gasteiger partial charge is 0.264 e. The van der Waals surface area contributed by atoms with Crippen LogP contribution in [0.3, 0.4) is 0 Å². The Hall–Kier alpha value is -7.32. The fourth-order valence-electron chi connectivity index (χ4n) is 6.86. The lowest BCUT2D eigenvalue weighted by atomic mass is 9.89. The van der Waals surface area contributed by atoms with Gasteiger partial charge in [0.15, 0.2) is 34.9 Å². The zero-order valence-corrected chi connectivity index (χ0v) is 27.6. The lowest BCUT2D eigenvalue weighted by Crippen LogP contribution is -2.01. The third-order valence-corrected chi connectivity index (χ3v) is 9.32. The summed E-state index contributed by atoms with van der Waals surface area (Å²) in [6.45, 7) is 0. The van der Waals surface area contributed by atoms with Gasteiger partial charge in [0.1, 0.15) is 0 Å². The van der Waals surface area contributed by atoms with Crippen LogP contribution in [-0.4, -0.2) is 39.9 Å². The molecule has 0 aliphatic heterocycles. The van der Waals surface area contributed by atoms with Crippen LogP contribution in [0.5, 0.6) is 0 Å². The van der Waals surface area contributed by atoms with E-state index in [1.165, 1.54) is 0 Å². The van der Waals surface area contributed by atoms with Crippen molar-refractivity contribution in [1.82, 2.24) is 39.9 Å². The number of hydrogen-bond donors (Lipinski definition) is 0. The fourth-order valence-corrected chi connectivity index (χ4v) is 6.86. The molecule has 0 saturated heterocycles. The summed E-state index contributed by atoms with van der Waals surface area (Å²) in [5.74, 6) is 3.53. The Kier molecular flexibility index (Phi) is 6.95. The van der Waals surface area contributed by atoms with Crippen molar-refractivity contribution in [3.05, 3.63) is 158 Å². The highest BCUT2D eigenvalue weighted by Crippen LogP contribution is 2.42. The summed E-state index contributed by atoms with van der Waals surface area (Å²) >= 11 is 0. The lowest BCUT2D eigenvalue weighted by molar-refractivity contribution is 1.07. The molecule has 0 saturated carbocycles.